The number of benzene rings is 4. The van der Waals surface area contributed by atoms with E-state index in [0.717, 1.165) is 0 Å². The number of aromatic nitrogens is 1. The van der Waals surface area contributed by atoms with Gasteiger partial charge in [-0.2, -0.15) is 0 Å². The average Bonchev–Trinajstić information content (AvgIpc) is 2.66. The fourth-order valence-corrected chi connectivity index (χ4v) is 3.71. The highest BCUT2D eigenvalue weighted by atomic mass is 127. The molecule has 0 saturated heterocycles. The monoisotopic (exact) mass is 447 g/mol. The van der Waals surface area contributed by atoms with E-state index in [2.05, 4.69) is 91.3 Å². The number of hydrogen-bond acceptors (Lipinski definition) is 0. The van der Waals surface area contributed by atoms with E-state index in [-0.39, 0.29) is 24.0 Å². The number of hydrogen-bond donors (Lipinski definition) is 0. The topological polar surface area (TPSA) is 3.88 Å². The van der Waals surface area contributed by atoms with E-state index in [9.17, 15) is 0 Å². The van der Waals surface area contributed by atoms with Crippen molar-refractivity contribution in [1.82, 2.24) is 0 Å². The molecule has 0 radical (unpaired) electrons. The quantitative estimate of drug-likeness (QED) is 0.223. The summed E-state index contributed by atoms with van der Waals surface area (Å²) in [5.41, 5.74) is 2.47. The summed E-state index contributed by atoms with van der Waals surface area (Å²) < 4.78 is 2.05. The summed E-state index contributed by atoms with van der Waals surface area (Å²) in [6.45, 7) is 0. The number of halogens is 1. The maximum absolute atomic E-state index is 2.26. The lowest BCUT2D eigenvalue weighted by Gasteiger charge is -2.12. The molecule has 1 aromatic heterocycles. The first-order valence-corrected chi connectivity index (χ1v) is 8.59. The molecule has 0 atom stereocenters. The van der Waals surface area contributed by atoms with Crippen LogP contribution in [0.1, 0.15) is 11.1 Å². The molecular formula is C24H18IN. The third kappa shape index (κ3) is 2.74. The molecule has 0 fully saturated rings. The highest BCUT2D eigenvalue weighted by Gasteiger charge is 2.09. The minimum atomic E-state index is 0. The van der Waals surface area contributed by atoms with E-state index in [1.165, 1.54) is 43.4 Å². The van der Waals surface area contributed by atoms with Crippen LogP contribution < -0.4 is 28.5 Å². The summed E-state index contributed by atoms with van der Waals surface area (Å²) in [6, 6.07) is 24.2. The molecule has 0 aliphatic carbocycles. The summed E-state index contributed by atoms with van der Waals surface area (Å²) in [6.07, 6.45) is 8.56. The van der Waals surface area contributed by atoms with Gasteiger partial charge in [0, 0.05) is 12.1 Å². The normalized spacial score (nSPS) is 11.6. The summed E-state index contributed by atoms with van der Waals surface area (Å²) in [4.78, 5) is 0. The van der Waals surface area contributed by atoms with Gasteiger partial charge in [-0.1, -0.05) is 66.7 Å². The van der Waals surface area contributed by atoms with Crippen LogP contribution in [-0.2, 0) is 7.05 Å². The van der Waals surface area contributed by atoms with Gasteiger partial charge in [-0.3, -0.25) is 0 Å². The minimum absolute atomic E-state index is 0. The van der Waals surface area contributed by atoms with Crippen molar-refractivity contribution in [1.29, 1.82) is 0 Å². The molecule has 0 unspecified atom stereocenters. The highest BCUT2D eigenvalue weighted by Crippen LogP contribution is 2.36. The van der Waals surface area contributed by atoms with Gasteiger partial charge >= 0.3 is 0 Å². The van der Waals surface area contributed by atoms with Crippen molar-refractivity contribution in [3.05, 3.63) is 90.3 Å². The third-order valence-electron chi connectivity index (χ3n) is 5.02. The van der Waals surface area contributed by atoms with Crippen LogP contribution in [0.5, 0.6) is 0 Å². The fourth-order valence-electron chi connectivity index (χ4n) is 3.71. The Morgan fingerprint density at radius 1 is 0.654 bits per heavy atom. The first-order chi connectivity index (χ1) is 12.3. The van der Waals surface area contributed by atoms with Gasteiger partial charge in [-0.05, 0) is 43.4 Å². The Bertz CT molecular complexity index is 1220. The summed E-state index contributed by atoms with van der Waals surface area (Å²) in [7, 11) is 2.04. The van der Waals surface area contributed by atoms with Crippen LogP contribution in [0.2, 0.25) is 0 Å². The molecule has 0 bridgehead atoms. The first-order valence-electron chi connectivity index (χ1n) is 8.59. The lowest BCUT2D eigenvalue weighted by Crippen LogP contribution is -3.00. The van der Waals surface area contributed by atoms with Crippen LogP contribution >= 0.6 is 0 Å². The van der Waals surface area contributed by atoms with Crippen LogP contribution in [0.3, 0.4) is 0 Å². The zero-order valence-electron chi connectivity index (χ0n) is 14.5. The summed E-state index contributed by atoms with van der Waals surface area (Å²) >= 11 is 0. The molecule has 2 heteroatoms. The molecule has 1 heterocycles. The van der Waals surface area contributed by atoms with Gasteiger partial charge in [0.2, 0.25) is 0 Å². The molecule has 5 aromatic rings. The zero-order valence-corrected chi connectivity index (χ0v) is 16.6. The van der Waals surface area contributed by atoms with Crippen molar-refractivity contribution in [3.63, 3.8) is 0 Å². The maximum Gasteiger partial charge on any atom is 0.169 e. The second kappa shape index (κ2) is 6.69. The van der Waals surface area contributed by atoms with E-state index >= 15 is 0 Å². The van der Waals surface area contributed by atoms with E-state index < -0.39 is 0 Å². The van der Waals surface area contributed by atoms with Crippen molar-refractivity contribution in [2.24, 2.45) is 7.05 Å². The van der Waals surface area contributed by atoms with Crippen molar-refractivity contribution in [3.8, 4) is 0 Å². The predicted octanol–water partition coefficient (Wildman–Crippen LogP) is 2.58. The molecule has 26 heavy (non-hydrogen) atoms. The molecule has 0 aliphatic rings. The van der Waals surface area contributed by atoms with Gasteiger partial charge < -0.3 is 24.0 Å². The van der Waals surface area contributed by atoms with E-state index in [1.54, 1.807) is 0 Å². The first kappa shape index (κ1) is 17.0. The van der Waals surface area contributed by atoms with E-state index in [1.807, 2.05) is 11.6 Å². The molecule has 126 valence electrons. The molecule has 0 spiro atoms. The Labute approximate surface area is 169 Å². The lowest BCUT2D eigenvalue weighted by molar-refractivity contribution is -0.671. The highest BCUT2D eigenvalue weighted by molar-refractivity contribution is 6.24. The van der Waals surface area contributed by atoms with Gasteiger partial charge in [0.05, 0.1) is 0 Å². The maximum atomic E-state index is 2.26. The number of aryl methyl sites for hydroxylation is 1. The van der Waals surface area contributed by atoms with Gasteiger partial charge in [-0.15, -0.1) is 0 Å². The standard InChI is InChI=1S/C24H18N.HI/c1-25-15-13-17(14-16-25)5-6-18-7-8-21-10-9-19-3-2-4-20-11-12-22(18)24(21)23(19)20;/h2-16H,1H3;1H/q+1;/p-1. The Kier molecular flexibility index (Phi) is 4.37. The van der Waals surface area contributed by atoms with E-state index in [4.69, 9.17) is 0 Å². The van der Waals surface area contributed by atoms with Crippen LogP contribution in [-0.4, -0.2) is 0 Å². The molecule has 0 aliphatic heterocycles. The second-order valence-electron chi connectivity index (χ2n) is 6.64. The number of pyridine rings is 1. The van der Waals surface area contributed by atoms with Crippen LogP contribution in [0, 0.1) is 0 Å². The third-order valence-corrected chi connectivity index (χ3v) is 5.02. The Morgan fingerprint density at radius 3 is 2.00 bits per heavy atom. The molecule has 0 N–H and O–H groups in total. The zero-order chi connectivity index (χ0) is 16.8. The average molecular weight is 447 g/mol. The molecular weight excluding hydrogens is 429 g/mol. The van der Waals surface area contributed by atoms with Gasteiger partial charge in [-0.25, -0.2) is 4.57 Å². The summed E-state index contributed by atoms with van der Waals surface area (Å²) in [5, 5.41) is 8.00. The molecule has 0 saturated carbocycles. The van der Waals surface area contributed by atoms with Gasteiger partial charge in [0.25, 0.3) is 0 Å². The molecule has 1 nitrogen and oxygen atoms in total. The Hall–Kier alpha value is -2.46. The SMILES string of the molecule is C[n+]1ccc(C=Cc2ccc3ccc4cccc5ccc2c3c45)cc1.[I-]. The lowest BCUT2D eigenvalue weighted by atomic mass is 9.92. The number of rotatable bonds is 2. The predicted molar refractivity (Wildman–Crippen MR) is 107 cm³/mol. The minimum Gasteiger partial charge on any atom is -1.00 e. The largest absolute Gasteiger partial charge is 1.00 e. The van der Waals surface area contributed by atoms with Crippen LogP contribution in [0.4, 0.5) is 0 Å². The van der Waals surface area contributed by atoms with Crippen molar-refractivity contribution < 1.29 is 28.5 Å². The Morgan fingerprint density at radius 2 is 1.27 bits per heavy atom. The van der Waals surface area contributed by atoms with E-state index in [0.29, 0.717) is 0 Å². The van der Waals surface area contributed by atoms with Gasteiger partial charge in [0.1, 0.15) is 7.05 Å². The smallest absolute Gasteiger partial charge is 0.169 e. The Balaban J connectivity index is 0.00000168. The fraction of sp³-hybridized carbons (Fsp3) is 0.0417. The van der Waals surface area contributed by atoms with Crippen LogP contribution in [0.25, 0.3) is 44.5 Å². The van der Waals surface area contributed by atoms with Crippen molar-refractivity contribution in [2.75, 3.05) is 0 Å². The summed E-state index contributed by atoms with van der Waals surface area (Å²) in [5.74, 6) is 0. The number of nitrogens with zero attached hydrogens (tertiary/aromatic N) is 1. The molecule has 5 rings (SSSR count). The molecule has 0 amide bonds. The van der Waals surface area contributed by atoms with Crippen LogP contribution in [0.15, 0.2) is 79.1 Å². The van der Waals surface area contributed by atoms with Gasteiger partial charge in [0.15, 0.2) is 12.4 Å². The van der Waals surface area contributed by atoms with Crippen molar-refractivity contribution in [2.45, 2.75) is 0 Å². The molecule has 4 aromatic carbocycles. The second-order valence-corrected chi connectivity index (χ2v) is 6.64. The van der Waals surface area contributed by atoms with Crippen molar-refractivity contribution >= 4 is 44.5 Å².